The van der Waals surface area contributed by atoms with Crippen molar-refractivity contribution in [2.75, 3.05) is 26.3 Å². The van der Waals surface area contributed by atoms with Gasteiger partial charge in [0.2, 0.25) is 5.91 Å². The molecule has 0 saturated carbocycles. The fourth-order valence-corrected chi connectivity index (χ4v) is 1.24. The molecule has 0 bridgehead atoms. The largest absolute Gasteiger partial charge is 0.372 e. The smallest absolute Gasteiger partial charge is 0.246 e. The molecular formula is C8H16N2O2. The van der Waals surface area contributed by atoms with Gasteiger partial charge in [-0.15, -0.1) is 0 Å². The molecule has 0 radical (unpaired) electrons. The van der Waals surface area contributed by atoms with Gasteiger partial charge in [-0.05, 0) is 19.9 Å². The number of ether oxygens (including phenoxy) is 1. The average Bonchev–Trinajstić information content (AvgIpc) is 2.53. The minimum Gasteiger partial charge on any atom is -0.372 e. The lowest BCUT2D eigenvalue weighted by molar-refractivity contribution is -0.126. The quantitative estimate of drug-likeness (QED) is 0.601. The SMILES string of the molecule is CCOCC(=O)N[C@@H]1CCNC1. The second-order valence-corrected chi connectivity index (χ2v) is 2.89. The van der Waals surface area contributed by atoms with Crippen molar-refractivity contribution >= 4 is 5.91 Å². The first-order valence-electron chi connectivity index (χ1n) is 4.40. The van der Waals surface area contributed by atoms with Gasteiger partial charge in [-0.3, -0.25) is 4.79 Å². The zero-order chi connectivity index (χ0) is 8.81. The van der Waals surface area contributed by atoms with Crippen LogP contribution in [0.4, 0.5) is 0 Å². The van der Waals surface area contributed by atoms with E-state index in [1.165, 1.54) is 0 Å². The van der Waals surface area contributed by atoms with Gasteiger partial charge in [0.25, 0.3) is 0 Å². The molecule has 1 atom stereocenters. The molecule has 0 aliphatic carbocycles. The third kappa shape index (κ3) is 3.19. The number of nitrogens with one attached hydrogen (secondary N) is 2. The van der Waals surface area contributed by atoms with Crippen LogP contribution < -0.4 is 10.6 Å². The number of amides is 1. The zero-order valence-corrected chi connectivity index (χ0v) is 7.43. The van der Waals surface area contributed by atoms with Gasteiger partial charge in [-0.1, -0.05) is 0 Å². The van der Waals surface area contributed by atoms with Crippen molar-refractivity contribution < 1.29 is 9.53 Å². The summed E-state index contributed by atoms with van der Waals surface area (Å²) >= 11 is 0. The highest BCUT2D eigenvalue weighted by Crippen LogP contribution is 1.96. The second-order valence-electron chi connectivity index (χ2n) is 2.89. The molecular weight excluding hydrogens is 156 g/mol. The van der Waals surface area contributed by atoms with E-state index in [0.717, 1.165) is 19.5 Å². The van der Waals surface area contributed by atoms with Crippen LogP contribution in [-0.4, -0.2) is 38.3 Å². The van der Waals surface area contributed by atoms with Crippen LogP contribution >= 0.6 is 0 Å². The summed E-state index contributed by atoms with van der Waals surface area (Å²) in [6, 6.07) is 0.304. The summed E-state index contributed by atoms with van der Waals surface area (Å²) in [5.74, 6) is -0.00875. The van der Waals surface area contributed by atoms with E-state index in [4.69, 9.17) is 4.74 Å². The lowest BCUT2D eigenvalue weighted by Gasteiger charge is -2.10. The molecule has 0 aromatic rings. The molecule has 1 heterocycles. The normalized spacial score (nSPS) is 22.6. The maximum Gasteiger partial charge on any atom is 0.246 e. The topological polar surface area (TPSA) is 50.4 Å². The van der Waals surface area contributed by atoms with Crippen LogP contribution in [0.15, 0.2) is 0 Å². The highest BCUT2D eigenvalue weighted by atomic mass is 16.5. The lowest BCUT2D eigenvalue weighted by atomic mass is 10.2. The van der Waals surface area contributed by atoms with Crippen LogP contribution in [0.3, 0.4) is 0 Å². The van der Waals surface area contributed by atoms with Gasteiger partial charge in [0.05, 0.1) is 0 Å². The molecule has 12 heavy (non-hydrogen) atoms. The molecule has 0 aromatic carbocycles. The van der Waals surface area contributed by atoms with Crippen LogP contribution in [0.2, 0.25) is 0 Å². The van der Waals surface area contributed by atoms with Crippen molar-refractivity contribution in [2.24, 2.45) is 0 Å². The highest BCUT2D eigenvalue weighted by Gasteiger charge is 2.15. The second kappa shape index (κ2) is 5.11. The van der Waals surface area contributed by atoms with Crippen LogP contribution in [0.5, 0.6) is 0 Å². The first-order chi connectivity index (χ1) is 5.83. The number of rotatable bonds is 4. The van der Waals surface area contributed by atoms with Crippen LogP contribution in [0.1, 0.15) is 13.3 Å². The Labute approximate surface area is 72.7 Å². The van der Waals surface area contributed by atoms with E-state index in [9.17, 15) is 4.79 Å². The summed E-state index contributed by atoms with van der Waals surface area (Å²) in [5, 5.41) is 6.07. The molecule has 1 fully saturated rings. The van der Waals surface area contributed by atoms with Crippen molar-refractivity contribution in [3.05, 3.63) is 0 Å². The van der Waals surface area contributed by atoms with Gasteiger partial charge >= 0.3 is 0 Å². The first kappa shape index (κ1) is 9.48. The molecule has 1 rings (SSSR count). The van der Waals surface area contributed by atoms with E-state index in [1.54, 1.807) is 0 Å². The molecule has 0 aromatic heterocycles. The predicted octanol–water partition coefficient (Wildman–Crippen LogP) is -0.499. The third-order valence-electron chi connectivity index (χ3n) is 1.86. The minimum atomic E-state index is -0.00875. The van der Waals surface area contributed by atoms with Crippen molar-refractivity contribution in [3.8, 4) is 0 Å². The van der Waals surface area contributed by atoms with E-state index >= 15 is 0 Å². The summed E-state index contributed by atoms with van der Waals surface area (Å²) < 4.78 is 4.97. The number of carbonyl (C=O) groups is 1. The molecule has 2 N–H and O–H groups in total. The molecule has 1 aliphatic heterocycles. The van der Waals surface area contributed by atoms with Crippen LogP contribution in [0, 0.1) is 0 Å². The standard InChI is InChI=1S/C8H16N2O2/c1-2-12-6-8(11)10-7-3-4-9-5-7/h7,9H,2-6H2,1H3,(H,10,11)/t7-/m1/s1. The minimum absolute atomic E-state index is 0.00875. The van der Waals surface area contributed by atoms with Gasteiger partial charge in [-0.25, -0.2) is 0 Å². The fourth-order valence-electron chi connectivity index (χ4n) is 1.24. The monoisotopic (exact) mass is 172 g/mol. The summed E-state index contributed by atoms with van der Waals surface area (Å²) in [4.78, 5) is 11.1. The first-order valence-corrected chi connectivity index (χ1v) is 4.40. The maximum atomic E-state index is 11.1. The Balaban J connectivity index is 2.08. The molecule has 4 heteroatoms. The summed E-state index contributed by atoms with van der Waals surface area (Å²) in [5.41, 5.74) is 0. The third-order valence-corrected chi connectivity index (χ3v) is 1.86. The van der Waals surface area contributed by atoms with Crippen molar-refractivity contribution in [1.29, 1.82) is 0 Å². The van der Waals surface area contributed by atoms with E-state index in [0.29, 0.717) is 12.6 Å². The number of hydrogen-bond donors (Lipinski definition) is 2. The molecule has 1 aliphatic rings. The molecule has 4 nitrogen and oxygen atoms in total. The Bertz CT molecular complexity index is 144. The summed E-state index contributed by atoms with van der Waals surface area (Å²) in [6.07, 6.45) is 1.03. The fraction of sp³-hybridized carbons (Fsp3) is 0.875. The van der Waals surface area contributed by atoms with Crippen molar-refractivity contribution in [1.82, 2.24) is 10.6 Å². The summed E-state index contributed by atoms with van der Waals surface area (Å²) in [7, 11) is 0. The molecule has 1 saturated heterocycles. The van der Waals surface area contributed by atoms with E-state index in [1.807, 2.05) is 6.92 Å². The van der Waals surface area contributed by atoms with Crippen LogP contribution in [-0.2, 0) is 9.53 Å². The highest BCUT2D eigenvalue weighted by molar-refractivity contribution is 5.77. The molecule has 1 amide bonds. The maximum absolute atomic E-state index is 11.1. The average molecular weight is 172 g/mol. The van der Waals surface area contributed by atoms with Gasteiger partial charge in [-0.2, -0.15) is 0 Å². The Morgan fingerprint density at radius 2 is 2.58 bits per heavy atom. The predicted molar refractivity (Wildman–Crippen MR) is 45.9 cm³/mol. The van der Waals surface area contributed by atoms with E-state index in [2.05, 4.69) is 10.6 Å². The van der Waals surface area contributed by atoms with Gasteiger partial charge in [0, 0.05) is 19.2 Å². The Morgan fingerprint density at radius 3 is 3.17 bits per heavy atom. The zero-order valence-electron chi connectivity index (χ0n) is 7.43. The number of hydrogen-bond acceptors (Lipinski definition) is 3. The number of carbonyl (C=O) groups excluding carboxylic acids is 1. The van der Waals surface area contributed by atoms with Gasteiger partial charge in [0.15, 0.2) is 0 Å². The molecule has 0 unspecified atom stereocenters. The Morgan fingerprint density at radius 1 is 1.75 bits per heavy atom. The van der Waals surface area contributed by atoms with Crippen LogP contribution in [0.25, 0.3) is 0 Å². The summed E-state index contributed by atoms with van der Waals surface area (Å²) in [6.45, 7) is 4.55. The Kier molecular flexibility index (Phi) is 4.04. The van der Waals surface area contributed by atoms with Crippen molar-refractivity contribution in [2.45, 2.75) is 19.4 Å². The van der Waals surface area contributed by atoms with Crippen molar-refractivity contribution in [3.63, 3.8) is 0 Å². The lowest BCUT2D eigenvalue weighted by Crippen LogP contribution is -2.38. The Hall–Kier alpha value is -0.610. The van der Waals surface area contributed by atoms with Gasteiger partial charge in [0.1, 0.15) is 6.61 Å². The van der Waals surface area contributed by atoms with Gasteiger partial charge < -0.3 is 15.4 Å². The molecule has 70 valence electrons. The van der Waals surface area contributed by atoms with E-state index < -0.39 is 0 Å². The van der Waals surface area contributed by atoms with E-state index in [-0.39, 0.29) is 12.5 Å². The molecule has 0 spiro atoms.